The number of carbonyl (C=O) groups excluding carboxylic acids is 3. The molecular weight excluding hydrogens is 234 g/mol. The van der Waals surface area contributed by atoms with Gasteiger partial charge in [0.2, 0.25) is 11.8 Å². The minimum atomic E-state index is -0.690. The van der Waals surface area contributed by atoms with E-state index in [9.17, 15) is 14.4 Å². The molecule has 1 aliphatic rings. The SMILES string of the molecule is CN1C(=O)CC(NC(=O)CCNC(C)(C)C)C1=O. The highest BCUT2D eigenvalue weighted by atomic mass is 16.2. The molecule has 0 aromatic rings. The monoisotopic (exact) mass is 255 g/mol. The maximum Gasteiger partial charge on any atom is 0.252 e. The Balaban J connectivity index is 2.33. The molecule has 6 heteroatoms. The van der Waals surface area contributed by atoms with Crippen molar-refractivity contribution in [1.82, 2.24) is 15.5 Å². The fourth-order valence-electron chi connectivity index (χ4n) is 1.69. The molecule has 0 aromatic heterocycles. The van der Waals surface area contributed by atoms with Gasteiger partial charge in [0.15, 0.2) is 0 Å². The van der Waals surface area contributed by atoms with Gasteiger partial charge in [-0.25, -0.2) is 0 Å². The summed E-state index contributed by atoms with van der Waals surface area (Å²) in [5, 5.41) is 5.77. The third kappa shape index (κ3) is 4.10. The maximum atomic E-state index is 11.6. The predicted molar refractivity (Wildman–Crippen MR) is 66.7 cm³/mol. The average Bonchev–Trinajstić information content (AvgIpc) is 2.44. The molecule has 0 aromatic carbocycles. The highest BCUT2D eigenvalue weighted by molar-refractivity contribution is 6.06. The third-order valence-corrected chi connectivity index (χ3v) is 2.72. The van der Waals surface area contributed by atoms with E-state index >= 15 is 0 Å². The van der Waals surface area contributed by atoms with Crippen molar-refractivity contribution in [2.24, 2.45) is 0 Å². The van der Waals surface area contributed by atoms with E-state index in [0.717, 1.165) is 4.90 Å². The predicted octanol–water partition coefficient (Wildman–Crippen LogP) is -0.362. The zero-order valence-electron chi connectivity index (χ0n) is 11.4. The average molecular weight is 255 g/mol. The van der Waals surface area contributed by atoms with Crippen molar-refractivity contribution >= 4 is 17.7 Å². The Morgan fingerprint density at radius 1 is 1.39 bits per heavy atom. The smallest absolute Gasteiger partial charge is 0.252 e. The molecule has 0 aliphatic carbocycles. The minimum Gasteiger partial charge on any atom is -0.344 e. The Morgan fingerprint density at radius 3 is 2.44 bits per heavy atom. The Labute approximate surface area is 107 Å². The van der Waals surface area contributed by atoms with E-state index in [4.69, 9.17) is 0 Å². The van der Waals surface area contributed by atoms with Gasteiger partial charge in [-0.1, -0.05) is 0 Å². The van der Waals surface area contributed by atoms with E-state index in [1.807, 2.05) is 20.8 Å². The first-order chi connectivity index (χ1) is 8.20. The van der Waals surface area contributed by atoms with Gasteiger partial charge in [-0.15, -0.1) is 0 Å². The second kappa shape index (κ2) is 5.48. The van der Waals surface area contributed by atoms with Crippen molar-refractivity contribution in [3.05, 3.63) is 0 Å². The van der Waals surface area contributed by atoms with Crippen molar-refractivity contribution < 1.29 is 14.4 Å². The molecule has 18 heavy (non-hydrogen) atoms. The van der Waals surface area contributed by atoms with Crippen LogP contribution in [0.25, 0.3) is 0 Å². The Hall–Kier alpha value is -1.43. The molecule has 2 N–H and O–H groups in total. The van der Waals surface area contributed by atoms with E-state index in [2.05, 4.69) is 10.6 Å². The van der Waals surface area contributed by atoms with Gasteiger partial charge in [0, 0.05) is 25.6 Å². The summed E-state index contributed by atoms with van der Waals surface area (Å²) in [5.41, 5.74) is -0.0420. The van der Waals surface area contributed by atoms with Crippen molar-refractivity contribution in [3.63, 3.8) is 0 Å². The van der Waals surface area contributed by atoms with Crippen LogP contribution < -0.4 is 10.6 Å². The number of nitrogens with zero attached hydrogens (tertiary/aromatic N) is 1. The zero-order chi connectivity index (χ0) is 13.9. The molecule has 0 saturated carbocycles. The van der Waals surface area contributed by atoms with Gasteiger partial charge in [0.1, 0.15) is 6.04 Å². The number of carbonyl (C=O) groups is 3. The number of hydrogen-bond donors (Lipinski definition) is 2. The first-order valence-electron chi connectivity index (χ1n) is 6.05. The van der Waals surface area contributed by atoms with Crippen LogP contribution in [0.2, 0.25) is 0 Å². The number of imide groups is 1. The molecule has 0 bridgehead atoms. The molecule has 1 atom stereocenters. The van der Waals surface area contributed by atoms with Crippen LogP contribution in [0, 0.1) is 0 Å². The number of likely N-dealkylation sites (N-methyl/N-ethyl adjacent to an activating group) is 1. The summed E-state index contributed by atoms with van der Waals surface area (Å²) >= 11 is 0. The molecule has 0 spiro atoms. The van der Waals surface area contributed by atoms with Crippen LogP contribution in [-0.2, 0) is 14.4 Å². The van der Waals surface area contributed by atoms with Crippen LogP contribution in [0.5, 0.6) is 0 Å². The summed E-state index contributed by atoms with van der Waals surface area (Å²) < 4.78 is 0. The second-order valence-corrected chi connectivity index (χ2v) is 5.54. The van der Waals surface area contributed by atoms with Crippen molar-refractivity contribution in [3.8, 4) is 0 Å². The molecule has 0 radical (unpaired) electrons. The normalized spacial score (nSPS) is 20.4. The Kier molecular flexibility index (Phi) is 4.45. The minimum absolute atomic E-state index is 0.0420. The third-order valence-electron chi connectivity index (χ3n) is 2.72. The number of likely N-dealkylation sites (tertiary alicyclic amines) is 1. The van der Waals surface area contributed by atoms with Crippen molar-refractivity contribution in [2.45, 2.75) is 45.2 Å². The number of rotatable bonds is 4. The number of amides is 3. The van der Waals surface area contributed by atoms with Crippen molar-refractivity contribution in [2.75, 3.05) is 13.6 Å². The summed E-state index contributed by atoms with van der Waals surface area (Å²) in [6.45, 7) is 6.58. The van der Waals surface area contributed by atoms with E-state index in [0.29, 0.717) is 13.0 Å². The molecule has 1 saturated heterocycles. The molecule has 1 heterocycles. The summed E-state index contributed by atoms with van der Waals surface area (Å²) in [6.07, 6.45) is 0.354. The van der Waals surface area contributed by atoms with Gasteiger partial charge in [-0.05, 0) is 20.8 Å². The molecule has 6 nitrogen and oxygen atoms in total. The molecule has 1 unspecified atom stereocenters. The molecule has 102 valence electrons. The highest BCUT2D eigenvalue weighted by Crippen LogP contribution is 2.10. The van der Waals surface area contributed by atoms with Crippen LogP contribution in [0.3, 0.4) is 0 Å². The van der Waals surface area contributed by atoms with Gasteiger partial charge >= 0.3 is 0 Å². The first-order valence-corrected chi connectivity index (χ1v) is 6.05. The maximum absolute atomic E-state index is 11.6. The second-order valence-electron chi connectivity index (χ2n) is 5.54. The molecule has 1 rings (SSSR count). The molecule has 3 amide bonds. The molecular formula is C12H21N3O3. The lowest BCUT2D eigenvalue weighted by atomic mass is 10.1. The van der Waals surface area contributed by atoms with E-state index in [1.54, 1.807) is 0 Å². The fraction of sp³-hybridized carbons (Fsp3) is 0.750. The van der Waals surface area contributed by atoms with Gasteiger partial charge < -0.3 is 10.6 Å². The first kappa shape index (κ1) is 14.6. The van der Waals surface area contributed by atoms with Crippen LogP contribution >= 0.6 is 0 Å². The quantitative estimate of drug-likeness (QED) is 0.672. The lowest BCUT2D eigenvalue weighted by molar-refractivity contribution is -0.138. The largest absolute Gasteiger partial charge is 0.344 e. The van der Waals surface area contributed by atoms with Gasteiger partial charge in [0.25, 0.3) is 5.91 Å². The van der Waals surface area contributed by atoms with E-state index in [-0.39, 0.29) is 29.7 Å². The number of hydrogen-bond acceptors (Lipinski definition) is 4. The summed E-state index contributed by atoms with van der Waals surface area (Å²) in [4.78, 5) is 35.5. The lowest BCUT2D eigenvalue weighted by Crippen LogP contribution is -2.43. The van der Waals surface area contributed by atoms with Crippen LogP contribution in [0.4, 0.5) is 0 Å². The highest BCUT2D eigenvalue weighted by Gasteiger charge is 2.36. The zero-order valence-corrected chi connectivity index (χ0v) is 11.4. The van der Waals surface area contributed by atoms with Gasteiger partial charge in [0.05, 0.1) is 6.42 Å². The number of nitrogens with one attached hydrogen (secondary N) is 2. The molecule has 1 fully saturated rings. The summed E-state index contributed by atoms with van der Waals surface area (Å²) in [6, 6.07) is -0.690. The van der Waals surface area contributed by atoms with E-state index in [1.165, 1.54) is 7.05 Å². The Bertz CT molecular complexity index is 360. The van der Waals surface area contributed by atoms with Gasteiger partial charge in [-0.3, -0.25) is 19.3 Å². The Morgan fingerprint density at radius 2 is 2.00 bits per heavy atom. The van der Waals surface area contributed by atoms with Crippen LogP contribution in [0.1, 0.15) is 33.6 Å². The van der Waals surface area contributed by atoms with Gasteiger partial charge in [-0.2, -0.15) is 0 Å². The summed E-state index contributed by atoms with van der Waals surface area (Å²) in [7, 11) is 1.43. The summed E-state index contributed by atoms with van der Waals surface area (Å²) in [5.74, 6) is -0.802. The topological polar surface area (TPSA) is 78.5 Å². The lowest BCUT2D eigenvalue weighted by Gasteiger charge is -2.20. The van der Waals surface area contributed by atoms with Crippen LogP contribution in [0.15, 0.2) is 0 Å². The van der Waals surface area contributed by atoms with E-state index < -0.39 is 6.04 Å². The molecule has 1 aliphatic heterocycles. The fourth-order valence-corrected chi connectivity index (χ4v) is 1.69. The van der Waals surface area contributed by atoms with Crippen LogP contribution in [-0.4, -0.2) is 47.8 Å². The van der Waals surface area contributed by atoms with Crippen molar-refractivity contribution in [1.29, 1.82) is 0 Å². The standard InChI is InChI=1S/C12H21N3O3/c1-12(2,3)13-6-5-9(16)14-8-7-10(17)15(4)11(8)18/h8,13H,5-7H2,1-4H3,(H,14,16).